The molecule has 0 saturated heterocycles. The Morgan fingerprint density at radius 3 is 2.24 bits per heavy atom. The molecule has 0 spiro atoms. The first-order valence-corrected chi connectivity index (χ1v) is 6.12. The average molecular weight is 296 g/mol. The van der Waals surface area contributed by atoms with E-state index in [0.717, 1.165) is 11.6 Å². The molecule has 2 rings (SSSR count). The number of alkyl halides is 3. The van der Waals surface area contributed by atoms with Gasteiger partial charge in [0.25, 0.3) is 0 Å². The van der Waals surface area contributed by atoms with E-state index in [1.165, 1.54) is 6.07 Å². The van der Waals surface area contributed by atoms with Gasteiger partial charge in [-0.2, -0.15) is 13.2 Å². The van der Waals surface area contributed by atoms with Crippen LogP contribution in [0.3, 0.4) is 0 Å². The van der Waals surface area contributed by atoms with Gasteiger partial charge >= 0.3 is 13.3 Å². The van der Waals surface area contributed by atoms with Gasteiger partial charge < -0.3 is 14.8 Å². The fourth-order valence-corrected chi connectivity index (χ4v) is 1.79. The highest BCUT2D eigenvalue weighted by molar-refractivity contribution is 6.58. The predicted octanol–water partition coefficient (Wildman–Crippen LogP) is 1.96. The van der Waals surface area contributed by atoms with Crippen molar-refractivity contribution in [2.24, 2.45) is 0 Å². The van der Waals surface area contributed by atoms with Crippen LogP contribution in [0.25, 0.3) is 0 Å². The van der Waals surface area contributed by atoms with Crippen molar-refractivity contribution in [2.45, 2.75) is 12.8 Å². The van der Waals surface area contributed by atoms with Gasteiger partial charge in [-0.25, -0.2) is 0 Å². The monoisotopic (exact) mass is 296 g/mol. The molecule has 0 amide bonds. The van der Waals surface area contributed by atoms with Crippen LogP contribution in [0.4, 0.5) is 13.2 Å². The maximum Gasteiger partial charge on any atom is 0.488 e. The molecule has 0 aliphatic carbocycles. The van der Waals surface area contributed by atoms with Crippen LogP contribution in [0.2, 0.25) is 0 Å². The molecular weight excluding hydrogens is 284 g/mol. The maximum absolute atomic E-state index is 13.0. The molecule has 0 saturated carbocycles. The van der Waals surface area contributed by atoms with Crippen molar-refractivity contribution >= 4 is 12.6 Å². The summed E-state index contributed by atoms with van der Waals surface area (Å²) in [6, 6.07) is 11.7. The molecular formula is C14H12BF3O3. The van der Waals surface area contributed by atoms with Crippen molar-refractivity contribution in [3.8, 4) is 5.75 Å². The molecule has 0 unspecified atom stereocenters. The number of halogens is 3. The third-order valence-electron chi connectivity index (χ3n) is 2.84. The van der Waals surface area contributed by atoms with Crippen LogP contribution in [0.15, 0.2) is 48.5 Å². The van der Waals surface area contributed by atoms with Gasteiger partial charge in [0.05, 0.1) is 5.56 Å². The van der Waals surface area contributed by atoms with E-state index in [1.807, 2.05) is 0 Å². The van der Waals surface area contributed by atoms with E-state index >= 15 is 0 Å². The van der Waals surface area contributed by atoms with Crippen molar-refractivity contribution in [1.29, 1.82) is 0 Å². The first-order valence-electron chi connectivity index (χ1n) is 6.12. The lowest BCUT2D eigenvalue weighted by Crippen LogP contribution is -2.31. The zero-order valence-electron chi connectivity index (χ0n) is 10.8. The Kier molecular flexibility index (Phi) is 4.54. The Balaban J connectivity index is 2.26. The van der Waals surface area contributed by atoms with Crippen LogP contribution in [-0.2, 0) is 12.8 Å². The summed E-state index contributed by atoms with van der Waals surface area (Å²) in [5.41, 5.74) is -0.546. The number of benzene rings is 2. The minimum absolute atomic E-state index is 0.00898. The molecule has 0 aromatic heterocycles. The lowest BCUT2D eigenvalue weighted by atomic mass is 9.79. The van der Waals surface area contributed by atoms with E-state index in [4.69, 9.17) is 14.8 Å². The van der Waals surface area contributed by atoms with Gasteiger partial charge in [-0.1, -0.05) is 36.4 Å². The standard InChI is InChI=1S/C14H12BF3O3/c16-14(17,18)12-8-11(15(19)20)6-7-13(12)21-9-10-4-2-1-3-5-10/h1-8,19-20H,9H2. The highest BCUT2D eigenvalue weighted by atomic mass is 19.4. The van der Waals surface area contributed by atoms with Crippen LogP contribution in [0.1, 0.15) is 11.1 Å². The summed E-state index contributed by atoms with van der Waals surface area (Å²) in [7, 11) is -1.96. The normalized spacial score (nSPS) is 11.3. The minimum atomic E-state index is -4.64. The van der Waals surface area contributed by atoms with E-state index in [1.54, 1.807) is 30.3 Å². The van der Waals surface area contributed by atoms with Crippen LogP contribution in [-0.4, -0.2) is 17.2 Å². The van der Waals surface area contributed by atoms with Gasteiger partial charge in [-0.05, 0) is 23.2 Å². The first-order chi connectivity index (χ1) is 9.88. The Hall–Kier alpha value is -1.99. The molecule has 21 heavy (non-hydrogen) atoms. The summed E-state index contributed by atoms with van der Waals surface area (Å²) in [4.78, 5) is 0. The molecule has 0 fully saturated rings. The molecule has 0 radical (unpaired) electrons. The van der Waals surface area contributed by atoms with E-state index in [2.05, 4.69) is 0 Å². The van der Waals surface area contributed by atoms with E-state index in [9.17, 15) is 13.2 Å². The second-order valence-electron chi connectivity index (χ2n) is 4.40. The summed E-state index contributed by atoms with van der Waals surface area (Å²) >= 11 is 0. The Morgan fingerprint density at radius 1 is 1.00 bits per heavy atom. The molecule has 2 N–H and O–H groups in total. The largest absolute Gasteiger partial charge is 0.488 e. The van der Waals surface area contributed by atoms with Gasteiger partial charge in [-0.15, -0.1) is 0 Å². The lowest BCUT2D eigenvalue weighted by molar-refractivity contribution is -0.139. The maximum atomic E-state index is 13.0. The summed E-state index contributed by atoms with van der Waals surface area (Å²) in [5, 5.41) is 17.9. The number of hydrogen-bond acceptors (Lipinski definition) is 3. The first kappa shape index (κ1) is 15.4. The SMILES string of the molecule is OB(O)c1ccc(OCc2ccccc2)c(C(F)(F)F)c1. The summed E-state index contributed by atoms with van der Waals surface area (Å²) < 4.78 is 44.1. The van der Waals surface area contributed by atoms with Crippen molar-refractivity contribution in [2.75, 3.05) is 0 Å². The number of hydrogen-bond donors (Lipinski definition) is 2. The van der Waals surface area contributed by atoms with E-state index in [0.29, 0.717) is 6.07 Å². The van der Waals surface area contributed by atoms with Gasteiger partial charge in [-0.3, -0.25) is 0 Å². The molecule has 0 bridgehead atoms. The highest BCUT2D eigenvalue weighted by Crippen LogP contribution is 2.35. The van der Waals surface area contributed by atoms with Crippen LogP contribution < -0.4 is 10.2 Å². The number of rotatable bonds is 4. The summed E-state index contributed by atoms with van der Waals surface area (Å²) in [6.45, 7) is -0.00898. The summed E-state index contributed by atoms with van der Waals surface area (Å²) in [5.74, 6) is -0.351. The predicted molar refractivity (Wildman–Crippen MR) is 72.0 cm³/mol. The molecule has 2 aromatic rings. The third kappa shape index (κ3) is 3.99. The number of ether oxygens (including phenoxy) is 1. The van der Waals surface area contributed by atoms with Gasteiger partial charge in [0.15, 0.2) is 0 Å². The van der Waals surface area contributed by atoms with Gasteiger partial charge in [0.1, 0.15) is 12.4 Å². The van der Waals surface area contributed by atoms with Crippen LogP contribution >= 0.6 is 0 Å². The average Bonchev–Trinajstić information content (AvgIpc) is 2.45. The fraction of sp³-hybridized carbons (Fsp3) is 0.143. The lowest BCUT2D eigenvalue weighted by Gasteiger charge is -2.15. The second kappa shape index (κ2) is 6.20. The van der Waals surface area contributed by atoms with E-state index in [-0.39, 0.29) is 17.8 Å². The molecule has 2 aromatic carbocycles. The van der Waals surface area contributed by atoms with E-state index < -0.39 is 18.9 Å². The molecule has 0 atom stereocenters. The quantitative estimate of drug-likeness (QED) is 0.848. The minimum Gasteiger partial charge on any atom is -0.488 e. The Bertz CT molecular complexity index is 600. The third-order valence-corrected chi connectivity index (χ3v) is 2.84. The second-order valence-corrected chi connectivity index (χ2v) is 4.40. The van der Waals surface area contributed by atoms with Crippen molar-refractivity contribution < 1.29 is 28.0 Å². The van der Waals surface area contributed by atoms with Crippen molar-refractivity contribution in [3.63, 3.8) is 0 Å². The van der Waals surface area contributed by atoms with Crippen LogP contribution in [0, 0.1) is 0 Å². The molecule has 0 aliphatic rings. The van der Waals surface area contributed by atoms with Crippen LogP contribution in [0.5, 0.6) is 5.75 Å². The molecule has 110 valence electrons. The topological polar surface area (TPSA) is 49.7 Å². The molecule has 0 heterocycles. The molecule has 7 heteroatoms. The Labute approximate surface area is 119 Å². The molecule has 0 aliphatic heterocycles. The smallest absolute Gasteiger partial charge is 0.488 e. The van der Waals surface area contributed by atoms with Gasteiger partial charge in [0, 0.05) is 0 Å². The zero-order valence-corrected chi connectivity index (χ0v) is 10.8. The van der Waals surface area contributed by atoms with Crippen molar-refractivity contribution in [1.82, 2.24) is 0 Å². The van der Waals surface area contributed by atoms with Gasteiger partial charge in [0.2, 0.25) is 0 Å². The van der Waals surface area contributed by atoms with Crippen molar-refractivity contribution in [3.05, 3.63) is 59.7 Å². The highest BCUT2D eigenvalue weighted by Gasteiger charge is 2.35. The molecule has 3 nitrogen and oxygen atoms in total. The Morgan fingerprint density at radius 2 is 1.67 bits per heavy atom. The fourth-order valence-electron chi connectivity index (χ4n) is 1.79. The zero-order chi connectivity index (χ0) is 15.5. The summed E-state index contributed by atoms with van der Waals surface area (Å²) in [6.07, 6.45) is -4.64.